The molecular weight excluding hydrogens is 326 g/mol. The number of ether oxygens (including phenoxy) is 1. The average molecular weight is 347 g/mol. The molecule has 132 valence electrons. The topological polar surface area (TPSA) is 67.0 Å². The lowest BCUT2D eigenvalue weighted by Crippen LogP contribution is -2.13. The summed E-state index contributed by atoms with van der Waals surface area (Å²) in [6.45, 7) is 0. The smallest absolute Gasteiger partial charge is 0.256 e. The van der Waals surface area contributed by atoms with Crippen molar-refractivity contribution in [1.29, 1.82) is 0 Å². The highest BCUT2D eigenvalue weighted by Crippen LogP contribution is 2.31. The maximum Gasteiger partial charge on any atom is 0.256 e. The zero-order chi connectivity index (χ0) is 17.9. The third-order valence-electron chi connectivity index (χ3n) is 4.83. The fourth-order valence-electron chi connectivity index (χ4n) is 3.46. The number of aromatic amines is 1. The van der Waals surface area contributed by atoms with Crippen LogP contribution in [0.15, 0.2) is 48.5 Å². The van der Waals surface area contributed by atoms with Gasteiger partial charge in [-0.2, -0.15) is 5.10 Å². The van der Waals surface area contributed by atoms with E-state index in [0.29, 0.717) is 5.56 Å². The minimum absolute atomic E-state index is 0.140. The lowest BCUT2D eigenvalue weighted by Gasteiger charge is -2.13. The molecule has 0 saturated carbocycles. The standard InChI is InChI=1S/C21H21N3O2/c1-26-15-12-10-14(11-13-15)22-21(25)17-7-3-2-6-16(17)20-18-8-4-5-9-19(18)23-24-20/h2-3,6-7,10-13H,4-5,8-9H2,1H3,(H,22,25)(H,23,24). The third-order valence-corrected chi connectivity index (χ3v) is 4.83. The largest absolute Gasteiger partial charge is 0.497 e. The molecule has 0 fully saturated rings. The van der Waals surface area contributed by atoms with Crippen LogP contribution in [0.2, 0.25) is 0 Å². The molecule has 26 heavy (non-hydrogen) atoms. The SMILES string of the molecule is COc1ccc(NC(=O)c2ccccc2-c2n[nH]c3c2CCCC3)cc1. The number of H-pyrrole nitrogens is 1. The summed E-state index contributed by atoms with van der Waals surface area (Å²) < 4.78 is 5.16. The van der Waals surface area contributed by atoms with Gasteiger partial charge in [-0.05, 0) is 56.0 Å². The van der Waals surface area contributed by atoms with Crippen LogP contribution in [0.3, 0.4) is 0 Å². The molecule has 4 rings (SSSR count). The Morgan fingerprint density at radius 2 is 1.85 bits per heavy atom. The van der Waals surface area contributed by atoms with Crippen molar-refractivity contribution in [2.75, 3.05) is 12.4 Å². The van der Waals surface area contributed by atoms with Crippen molar-refractivity contribution >= 4 is 11.6 Å². The summed E-state index contributed by atoms with van der Waals surface area (Å²) in [5, 5.41) is 10.6. The molecule has 0 bridgehead atoms. The third kappa shape index (κ3) is 3.08. The normalized spacial score (nSPS) is 13.1. The molecule has 5 heteroatoms. The fourth-order valence-corrected chi connectivity index (χ4v) is 3.46. The molecule has 0 saturated heterocycles. The Hall–Kier alpha value is -3.08. The quantitative estimate of drug-likeness (QED) is 0.743. The Morgan fingerprint density at radius 3 is 2.65 bits per heavy atom. The Labute approximate surface area is 152 Å². The van der Waals surface area contributed by atoms with Crippen LogP contribution in [0.25, 0.3) is 11.3 Å². The van der Waals surface area contributed by atoms with Crippen molar-refractivity contribution in [3.8, 4) is 17.0 Å². The summed E-state index contributed by atoms with van der Waals surface area (Å²) in [6.07, 6.45) is 4.39. The van der Waals surface area contributed by atoms with Crippen molar-refractivity contribution in [3.63, 3.8) is 0 Å². The number of hydrogen-bond donors (Lipinski definition) is 2. The van der Waals surface area contributed by atoms with Gasteiger partial charge in [0.25, 0.3) is 5.91 Å². The van der Waals surface area contributed by atoms with Crippen LogP contribution < -0.4 is 10.1 Å². The molecule has 3 aromatic rings. The molecule has 0 radical (unpaired) electrons. The number of benzene rings is 2. The summed E-state index contributed by atoms with van der Waals surface area (Å²) in [7, 11) is 1.62. The van der Waals surface area contributed by atoms with Crippen molar-refractivity contribution in [1.82, 2.24) is 10.2 Å². The molecule has 5 nitrogen and oxygen atoms in total. The molecule has 0 spiro atoms. The molecule has 1 aromatic heterocycles. The summed E-state index contributed by atoms with van der Waals surface area (Å²) >= 11 is 0. The van der Waals surface area contributed by atoms with Gasteiger partial charge < -0.3 is 10.1 Å². The van der Waals surface area contributed by atoms with E-state index in [2.05, 4.69) is 15.5 Å². The predicted molar refractivity (Wildman–Crippen MR) is 102 cm³/mol. The number of aromatic nitrogens is 2. The van der Waals surface area contributed by atoms with E-state index in [9.17, 15) is 4.79 Å². The van der Waals surface area contributed by atoms with Gasteiger partial charge in [0.15, 0.2) is 0 Å². The summed E-state index contributed by atoms with van der Waals surface area (Å²) in [6, 6.07) is 14.9. The van der Waals surface area contributed by atoms with Crippen LogP contribution in [0.1, 0.15) is 34.5 Å². The van der Waals surface area contributed by atoms with Gasteiger partial charge in [-0.25, -0.2) is 0 Å². The van der Waals surface area contributed by atoms with Crippen LogP contribution >= 0.6 is 0 Å². The molecule has 0 unspecified atom stereocenters. The Morgan fingerprint density at radius 1 is 1.08 bits per heavy atom. The van der Waals surface area contributed by atoms with Gasteiger partial charge in [-0.1, -0.05) is 18.2 Å². The number of nitrogens with one attached hydrogen (secondary N) is 2. The van der Waals surface area contributed by atoms with Gasteiger partial charge in [0.1, 0.15) is 5.75 Å². The molecule has 2 N–H and O–H groups in total. The number of amides is 1. The molecule has 1 aliphatic carbocycles. The number of nitrogens with zero attached hydrogens (tertiary/aromatic N) is 1. The highest BCUT2D eigenvalue weighted by atomic mass is 16.5. The van der Waals surface area contributed by atoms with Gasteiger partial charge >= 0.3 is 0 Å². The number of carbonyl (C=O) groups excluding carboxylic acids is 1. The van der Waals surface area contributed by atoms with Gasteiger partial charge in [-0.15, -0.1) is 0 Å². The number of anilines is 1. The van der Waals surface area contributed by atoms with Gasteiger partial charge in [-0.3, -0.25) is 9.89 Å². The number of carbonyl (C=O) groups is 1. The summed E-state index contributed by atoms with van der Waals surface area (Å²) in [5.41, 5.74) is 5.59. The predicted octanol–water partition coefficient (Wildman–Crippen LogP) is 4.22. The first-order valence-corrected chi connectivity index (χ1v) is 8.87. The summed E-state index contributed by atoms with van der Waals surface area (Å²) in [4.78, 5) is 12.9. The first kappa shape index (κ1) is 16.4. The van der Waals surface area contributed by atoms with Crippen LogP contribution in [0.4, 0.5) is 5.69 Å². The van der Waals surface area contributed by atoms with Crippen molar-refractivity contribution < 1.29 is 9.53 Å². The van der Waals surface area contributed by atoms with E-state index < -0.39 is 0 Å². The van der Waals surface area contributed by atoms with Crippen molar-refractivity contribution in [2.24, 2.45) is 0 Å². The molecule has 0 aliphatic heterocycles. The second-order valence-corrected chi connectivity index (χ2v) is 6.46. The molecule has 2 aromatic carbocycles. The van der Waals surface area contributed by atoms with Crippen molar-refractivity contribution in [3.05, 3.63) is 65.4 Å². The Balaban J connectivity index is 1.65. The van der Waals surface area contributed by atoms with Crippen LogP contribution in [-0.4, -0.2) is 23.2 Å². The first-order valence-electron chi connectivity index (χ1n) is 8.87. The second-order valence-electron chi connectivity index (χ2n) is 6.46. The lowest BCUT2D eigenvalue weighted by molar-refractivity contribution is 0.102. The highest BCUT2D eigenvalue weighted by Gasteiger charge is 2.21. The van der Waals surface area contributed by atoms with E-state index in [4.69, 9.17) is 4.74 Å². The molecule has 0 atom stereocenters. The molecule has 1 amide bonds. The monoisotopic (exact) mass is 347 g/mol. The molecular formula is C21H21N3O2. The maximum absolute atomic E-state index is 12.9. The van der Waals surface area contributed by atoms with E-state index in [1.807, 2.05) is 48.5 Å². The number of fused-ring (bicyclic) bond motifs is 1. The van der Waals surface area contributed by atoms with E-state index in [0.717, 1.165) is 35.5 Å². The molecule has 1 aliphatic rings. The van der Waals surface area contributed by atoms with E-state index in [-0.39, 0.29) is 5.91 Å². The number of hydrogen-bond acceptors (Lipinski definition) is 3. The Kier molecular flexibility index (Phi) is 4.44. The number of aryl methyl sites for hydroxylation is 1. The van der Waals surface area contributed by atoms with Crippen LogP contribution in [0, 0.1) is 0 Å². The van der Waals surface area contributed by atoms with Gasteiger partial charge in [0.2, 0.25) is 0 Å². The van der Waals surface area contributed by atoms with E-state index >= 15 is 0 Å². The molecule has 1 heterocycles. The zero-order valence-electron chi connectivity index (χ0n) is 14.7. The first-order chi connectivity index (χ1) is 12.8. The van der Waals surface area contributed by atoms with Gasteiger partial charge in [0.05, 0.1) is 12.8 Å². The zero-order valence-corrected chi connectivity index (χ0v) is 14.7. The summed E-state index contributed by atoms with van der Waals surface area (Å²) in [5.74, 6) is 0.616. The highest BCUT2D eigenvalue weighted by molar-refractivity contribution is 6.08. The average Bonchev–Trinajstić information content (AvgIpc) is 3.12. The maximum atomic E-state index is 12.9. The number of rotatable bonds is 4. The van der Waals surface area contributed by atoms with Crippen molar-refractivity contribution in [2.45, 2.75) is 25.7 Å². The van der Waals surface area contributed by atoms with E-state index in [1.54, 1.807) is 7.11 Å². The van der Waals surface area contributed by atoms with Gasteiger partial charge in [0, 0.05) is 28.1 Å². The van der Waals surface area contributed by atoms with Crippen LogP contribution in [-0.2, 0) is 12.8 Å². The minimum Gasteiger partial charge on any atom is -0.497 e. The number of methoxy groups -OCH3 is 1. The Bertz CT molecular complexity index is 929. The van der Waals surface area contributed by atoms with Crippen LogP contribution in [0.5, 0.6) is 5.75 Å². The minimum atomic E-state index is -0.140. The fraction of sp³-hybridized carbons (Fsp3) is 0.238. The second kappa shape index (κ2) is 7.04. The lowest BCUT2D eigenvalue weighted by atomic mass is 9.92. The van der Waals surface area contributed by atoms with E-state index in [1.165, 1.54) is 24.1 Å².